The average molecular weight is 252 g/mol. The molecular weight excluding hydrogens is 228 g/mol. The van der Waals surface area contributed by atoms with Gasteiger partial charge in [-0.15, -0.1) is 0 Å². The van der Waals surface area contributed by atoms with Gasteiger partial charge in [-0.25, -0.2) is 0 Å². The SMILES string of the molecule is CCCCCCCCC/C=C\CC1C(=O)OC1=O. The van der Waals surface area contributed by atoms with Crippen molar-refractivity contribution >= 4 is 11.9 Å². The molecule has 0 aliphatic carbocycles. The molecule has 1 heterocycles. The summed E-state index contributed by atoms with van der Waals surface area (Å²) >= 11 is 0. The van der Waals surface area contributed by atoms with Gasteiger partial charge in [-0.05, 0) is 19.3 Å². The second-order valence-corrected chi connectivity index (χ2v) is 4.91. The van der Waals surface area contributed by atoms with Crippen molar-refractivity contribution in [2.75, 3.05) is 0 Å². The molecule has 0 spiro atoms. The van der Waals surface area contributed by atoms with E-state index < -0.39 is 5.92 Å². The van der Waals surface area contributed by atoms with Gasteiger partial charge in [-0.1, -0.05) is 57.6 Å². The standard InChI is InChI=1S/C15H24O3/c1-2-3-4-5-6-7-8-9-10-11-12-13-14(16)18-15(13)17/h10-11,13H,2-9,12H2,1H3/b11-10-. The van der Waals surface area contributed by atoms with Gasteiger partial charge in [0.15, 0.2) is 5.92 Å². The summed E-state index contributed by atoms with van der Waals surface area (Å²) < 4.78 is 4.28. The van der Waals surface area contributed by atoms with Crippen molar-refractivity contribution in [3.05, 3.63) is 12.2 Å². The Hall–Kier alpha value is -1.12. The van der Waals surface area contributed by atoms with E-state index in [0.717, 1.165) is 6.42 Å². The van der Waals surface area contributed by atoms with E-state index >= 15 is 0 Å². The van der Waals surface area contributed by atoms with E-state index in [1.54, 1.807) is 0 Å². The summed E-state index contributed by atoms with van der Waals surface area (Å²) in [6, 6.07) is 0. The van der Waals surface area contributed by atoms with Crippen molar-refractivity contribution in [3.63, 3.8) is 0 Å². The second kappa shape index (κ2) is 8.90. The molecule has 3 nitrogen and oxygen atoms in total. The Kier molecular flexibility index (Phi) is 7.38. The first-order valence-corrected chi connectivity index (χ1v) is 7.16. The summed E-state index contributed by atoms with van der Waals surface area (Å²) in [5.74, 6) is -1.27. The van der Waals surface area contributed by atoms with Crippen molar-refractivity contribution < 1.29 is 14.3 Å². The summed E-state index contributed by atoms with van der Waals surface area (Å²) in [7, 11) is 0. The maximum absolute atomic E-state index is 10.9. The molecule has 18 heavy (non-hydrogen) atoms. The molecule has 1 aliphatic heterocycles. The highest BCUT2D eigenvalue weighted by atomic mass is 16.6. The predicted octanol–water partition coefficient (Wildman–Crippen LogP) is 3.77. The second-order valence-electron chi connectivity index (χ2n) is 4.91. The molecule has 1 rings (SSSR count). The molecule has 1 saturated heterocycles. The minimum absolute atomic E-state index is 0.374. The molecule has 0 radical (unpaired) electrons. The highest BCUT2D eigenvalue weighted by Crippen LogP contribution is 2.19. The maximum Gasteiger partial charge on any atom is 0.328 e. The van der Waals surface area contributed by atoms with Crippen LogP contribution in [0.4, 0.5) is 0 Å². The lowest BCUT2D eigenvalue weighted by molar-refractivity contribution is -0.183. The van der Waals surface area contributed by atoms with E-state index in [0.29, 0.717) is 6.42 Å². The first kappa shape index (κ1) is 14.9. The molecule has 0 saturated carbocycles. The third kappa shape index (κ3) is 5.48. The Balaban J connectivity index is 1.88. The van der Waals surface area contributed by atoms with Crippen molar-refractivity contribution in [1.29, 1.82) is 0 Å². The lowest BCUT2D eigenvalue weighted by atomic mass is 10.0. The van der Waals surface area contributed by atoms with E-state index in [9.17, 15) is 9.59 Å². The fourth-order valence-electron chi connectivity index (χ4n) is 2.04. The zero-order valence-corrected chi connectivity index (χ0v) is 11.3. The van der Waals surface area contributed by atoms with Crippen molar-refractivity contribution in [2.24, 2.45) is 5.92 Å². The van der Waals surface area contributed by atoms with E-state index in [-0.39, 0.29) is 11.9 Å². The van der Waals surface area contributed by atoms with Gasteiger partial charge in [0.05, 0.1) is 0 Å². The molecule has 0 aromatic carbocycles. The van der Waals surface area contributed by atoms with Crippen LogP contribution in [0.25, 0.3) is 0 Å². The predicted molar refractivity (Wildman–Crippen MR) is 71.0 cm³/mol. The van der Waals surface area contributed by atoms with Gasteiger partial charge in [0.1, 0.15) is 0 Å². The number of rotatable bonds is 10. The average Bonchev–Trinajstić information content (AvgIpc) is 2.36. The Labute approximate surface area is 110 Å². The Morgan fingerprint density at radius 3 is 2.17 bits per heavy atom. The first-order chi connectivity index (χ1) is 8.75. The molecule has 0 unspecified atom stereocenters. The van der Waals surface area contributed by atoms with E-state index in [1.807, 2.05) is 6.08 Å². The summed E-state index contributed by atoms with van der Waals surface area (Å²) in [4.78, 5) is 21.7. The third-order valence-electron chi connectivity index (χ3n) is 3.28. The smallest absolute Gasteiger partial charge is 0.328 e. The summed E-state index contributed by atoms with van der Waals surface area (Å²) in [5.41, 5.74) is 0. The zero-order valence-electron chi connectivity index (χ0n) is 11.3. The minimum Gasteiger partial charge on any atom is -0.392 e. The molecule has 0 N–H and O–H groups in total. The normalized spacial score (nSPS) is 16.1. The lowest BCUT2D eigenvalue weighted by Gasteiger charge is -2.19. The molecule has 3 heteroatoms. The van der Waals surface area contributed by atoms with Gasteiger partial charge < -0.3 is 4.74 Å². The van der Waals surface area contributed by atoms with E-state index in [2.05, 4.69) is 17.7 Å². The largest absolute Gasteiger partial charge is 0.392 e. The summed E-state index contributed by atoms with van der Waals surface area (Å²) in [5, 5.41) is 0. The number of hydrogen-bond donors (Lipinski definition) is 0. The molecule has 0 bridgehead atoms. The molecule has 0 atom stereocenters. The number of carbonyl (C=O) groups is 2. The molecule has 1 fully saturated rings. The fourth-order valence-corrected chi connectivity index (χ4v) is 2.04. The Morgan fingerprint density at radius 2 is 1.56 bits per heavy atom. The Morgan fingerprint density at radius 1 is 0.944 bits per heavy atom. The topological polar surface area (TPSA) is 43.4 Å². The van der Waals surface area contributed by atoms with Crippen molar-refractivity contribution in [3.8, 4) is 0 Å². The van der Waals surface area contributed by atoms with Gasteiger partial charge in [0, 0.05) is 0 Å². The van der Waals surface area contributed by atoms with Gasteiger partial charge >= 0.3 is 11.9 Å². The monoisotopic (exact) mass is 252 g/mol. The van der Waals surface area contributed by atoms with Crippen LogP contribution in [-0.2, 0) is 14.3 Å². The zero-order chi connectivity index (χ0) is 13.2. The number of carbonyl (C=O) groups excluding carboxylic acids is 2. The molecule has 102 valence electrons. The number of esters is 2. The van der Waals surface area contributed by atoms with Crippen molar-refractivity contribution in [1.82, 2.24) is 0 Å². The summed E-state index contributed by atoms with van der Waals surface area (Å²) in [6.45, 7) is 2.23. The van der Waals surface area contributed by atoms with E-state index in [4.69, 9.17) is 0 Å². The number of ether oxygens (including phenoxy) is 1. The van der Waals surface area contributed by atoms with Gasteiger partial charge in [0.2, 0.25) is 0 Å². The van der Waals surface area contributed by atoms with Crippen LogP contribution < -0.4 is 0 Å². The number of hydrogen-bond acceptors (Lipinski definition) is 3. The molecular formula is C15H24O3. The summed E-state index contributed by atoms with van der Waals surface area (Å²) in [6.07, 6.45) is 14.7. The van der Waals surface area contributed by atoms with Crippen LogP contribution in [0.3, 0.4) is 0 Å². The minimum atomic E-state index is -0.518. The van der Waals surface area contributed by atoms with E-state index in [1.165, 1.54) is 44.9 Å². The van der Waals surface area contributed by atoms with Gasteiger partial charge in [-0.3, -0.25) is 9.59 Å². The van der Waals surface area contributed by atoms with Gasteiger partial charge in [-0.2, -0.15) is 0 Å². The number of unbranched alkanes of at least 4 members (excludes halogenated alkanes) is 7. The lowest BCUT2D eigenvalue weighted by Crippen LogP contribution is -2.40. The fraction of sp³-hybridized carbons (Fsp3) is 0.733. The van der Waals surface area contributed by atoms with Gasteiger partial charge in [0.25, 0.3) is 0 Å². The van der Waals surface area contributed by atoms with Crippen molar-refractivity contribution in [2.45, 2.75) is 64.7 Å². The van der Waals surface area contributed by atoms with Crippen LogP contribution in [-0.4, -0.2) is 11.9 Å². The molecule has 0 aromatic heterocycles. The van der Waals surface area contributed by atoms with Crippen LogP contribution in [0, 0.1) is 5.92 Å². The molecule has 0 amide bonds. The maximum atomic E-state index is 10.9. The molecule has 0 aromatic rings. The highest BCUT2D eigenvalue weighted by Gasteiger charge is 2.40. The van der Waals surface area contributed by atoms with Crippen LogP contribution in [0.1, 0.15) is 64.7 Å². The molecule has 1 aliphatic rings. The highest BCUT2D eigenvalue weighted by molar-refractivity contribution is 6.09. The number of allylic oxidation sites excluding steroid dienone is 2. The Bertz CT molecular complexity index is 280. The quantitative estimate of drug-likeness (QED) is 0.257. The van der Waals surface area contributed by atoms with Crippen LogP contribution in [0.2, 0.25) is 0 Å². The van der Waals surface area contributed by atoms with Crippen LogP contribution in [0.5, 0.6) is 0 Å². The third-order valence-corrected chi connectivity index (χ3v) is 3.28. The van der Waals surface area contributed by atoms with Crippen LogP contribution >= 0.6 is 0 Å². The number of cyclic esters (lactones) is 2. The first-order valence-electron chi connectivity index (χ1n) is 7.16. The van der Waals surface area contributed by atoms with Crippen LogP contribution in [0.15, 0.2) is 12.2 Å².